The van der Waals surface area contributed by atoms with E-state index in [1.807, 2.05) is 0 Å². The van der Waals surface area contributed by atoms with Crippen molar-refractivity contribution in [3.63, 3.8) is 0 Å². The Kier molecular flexibility index (Phi) is 5.23. The standard InChI is InChI=1S/C27H17ClN2O10/c1-39-12-6-11(31)14-15(20(12)32)22(34)17-16(21(14)33)24(36)27(25(17)37)4-3-9-18(27)23(35)13-10(19(9)28)5-8(7-29-40-2)30-26(13)38/h5-7,33-35H,3-4H2,1-2H3,(H,30,38)/t27-/m0/s1. The Bertz CT molecular complexity index is 1920. The molecule has 1 aromatic heterocycles. The number of nitrogens with one attached hydrogen (secondary N) is 1. The average molecular weight is 565 g/mol. The lowest BCUT2D eigenvalue weighted by atomic mass is 9.76. The molecule has 0 saturated heterocycles. The number of rotatable bonds is 3. The SMILES string of the molecule is CON=Cc1cc2c(Cl)c3c(c(O)c2c(=O)[nH]1)[C@@]1(CC3)C(=O)c2c(O)c3c(c(O)c2C1=O)C(=O)C(OC)=CC3=O. The predicted molar refractivity (Wildman–Crippen MR) is 138 cm³/mol. The second-order valence-corrected chi connectivity index (χ2v) is 9.82. The van der Waals surface area contributed by atoms with Gasteiger partial charge in [0, 0.05) is 17.0 Å². The monoisotopic (exact) mass is 564 g/mol. The van der Waals surface area contributed by atoms with E-state index in [4.69, 9.17) is 16.3 Å². The first-order chi connectivity index (χ1) is 19.0. The van der Waals surface area contributed by atoms with E-state index in [-0.39, 0.29) is 45.5 Å². The van der Waals surface area contributed by atoms with Crippen LogP contribution in [0.3, 0.4) is 0 Å². The molecule has 1 spiro atoms. The molecule has 0 radical (unpaired) electrons. The number of aromatic amines is 1. The summed E-state index contributed by atoms with van der Waals surface area (Å²) in [6.07, 6.45) is 1.78. The molecule has 202 valence electrons. The molecular formula is C27H17ClN2O10. The van der Waals surface area contributed by atoms with E-state index >= 15 is 0 Å². The lowest BCUT2D eigenvalue weighted by Gasteiger charge is -2.23. The number of halogens is 1. The van der Waals surface area contributed by atoms with Crippen molar-refractivity contribution in [3.05, 3.63) is 72.4 Å². The Balaban J connectivity index is 1.64. The van der Waals surface area contributed by atoms with Crippen LogP contribution in [-0.2, 0) is 21.4 Å². The highest BCUT2D eigenvalue weighted by Crippen LogP contribution is 2.58. The van der Waals surface area contributed by atoms with Crippen LogP contribution in [0.15, 0.2) is 27.9 Å². The van der Waals surface area contributed by atoms with Gasteiger partial charge in [0.15, 0.2) is 23.1 Å². The number of fused-ring (bicyclic) bond motifs is 5. The Morgan fingerprint density at radius 3 is 2.25 bits per heavy atom. The summed E-state index contributed by atoms with van der Waals surface area (Å²) in [6.45, 7) is 0. The number of Topliss-reactive ketones (excluding diaryl/α,β-unsaturated/α-hetero) is 3. The van der Waals surface area contributed by atoms with Crippen LogP contribution in [0.25, 0.3) is 10.8 Å². The third-order valence-corrected chi connectivity index (χ3v) is 8.09. The predicted octanol–water partition coefficient (Wildman–Crippen LogP) is 2.45. The van der Waals surface area contributed by atoms with Crippen molar-refractivity contribution in [3.8, 4) is 17.2 Å². The molecule has 0 aliphatic heterocycles. The molecule has 40 heavy (non-hydrogen) atoms. The highest BCUT2D eigenvalue weighted by Gasteiger charge is 2.62. The third-order valence-electron chi connectivity index (χ3n) is 7.66. The van der Waals surface area contributed by atoms with Gasteiger partial charge in [-0.1, -0.05) is 16.8 Å². The smallest absolute Gasteiger partial charge is 0.260 e. The molecule has 0 bridgehead atoms. The van der Waals surface area contributed by atoms with Crippen molar-refractivity contribution < 1.29 is 44.1 Å². The third kappa shape index (κ3) is 2.85. The van der Waals surface area contributed by atoms with Gasteiger partial charge in [0.05, 0.1) is 51.7 Å². The van der Waals surface area contributed by atoms with Crippen molar-refractivity contribution in [2.24, 2.45) is 5.16 Å². The summed E-state index contributed by atoms with van der Waals surface area (Å²) in [5, 5.41) is 36.9. The molecular weight excluding hydrogens is 548 g/mol. The van der Waals surface area contributed by atoms with Gasteiger partial charge >= 0.3 is 0 Å². The summed E-state index contributed by atoms with van der Waals surface area (Å²) in [5.74, 6) is -6.99. The number of aromatic hydroxyl groups is 3. The number of pyridine rings is 1. The fourth-order valence-electron chi connectivity index (χ4n) is 5.98. The maximum Gasteiger partial charge on any atom is 0.260 e. The molecule has 0 saturated carbocycles. The van der Waals surface area contributed by atoms with Crippen LogP contribution in [0.2, 0.25) is 5.02 Å². The molecule has 0 unspecified atom stereocenters. The number of allylic oxidation sites excluding steroid dienone is 2. The van der Waals surface area contributed by atoms with Crippen LogP contribution in [0.4, 0.5) is 0 Å². The summed E-state index contributed by atoms with van der Waals surface area (Å²) in [5.41, 5.74) is -5.50. The molecule has 0 fully saturated rings. The van der Waals surface area contributed by atoms with E-state index in [1.54, 1.807) is 0 Å². The van der Waals surface area contributed by atoms with E-state index in [1.165, 1.54) is 19.4 Å². The summed E-state index contributed by atoms with van der Waals surface area (Å²) < 4.78 is 4.89. The zero-order valence-corrected chi connectivity index (χ0v) is 21.4. The number of phenols is 3. The number of aromatic nitrogens is 1. The summed E-state index contributed by atoms with van der Waals surface area (Å²) in [6, 6.07) is 1.43. The molecule has 0 amide bonds. The number of nitrogens with zero attached hydrogens (tertiary/aromatic N) is 1. The van der Waals surface area contributed by atoms with Crippen LogP contribution in [0.1, 0.15) is 64.7 Å². The maximum atomic E-state index is 14.0. The number of ketones is 4. The minimum Gasteiger partial charge on any atom is -0.507 e. The number of carbonyl (C=O) groups is 4. The lowest BCUT2D eigenvalue weighted by molar-refractivity contribution is 0.0790. The highest BCUT2D eigenvalue weighted by atomic mass is 35.5. The molecule has 6 rings (SSSR count). The fourth-order valence-corrected chi connectivity index (χ4v) is 6.32. The zero-order valence-electron chi connectivity index (χ0n) is 20.7. The quantitative estimate of drug-likeness (QED) is 0.159. The largest absolute Gasteiger partial charge is 0.507 e. The van der Waals surface area contributed by atoms with Crippen LogP contribution in [0, 0.1) is 0 Å². The summed E-state index contributed by atoms with van der Waals surface area (Å²) >= 11 is 6.67. The molecule has 1 heterocycles. The number of phenolic OH excluding ortho intramolecular Hbond substituents is 3. The van der Waals surface area contributed by atoms with E-state index in [0.717, 1.165) is 13.2 Å². The van der Waals surface area contributed by atoms with Gasteiger partial charge in [0.1, 0.15) is 29.8 Å². The topological polar surface area (TPSA) is 193 Å². The molecule has 3 aliphatic rings. The van der Waals surface area contributed by atoms with Gasteiger partial charge in [-0.15, -0.1) is 0 Å². The molecule has 12 nitrogen and oxygen atoms in total. The number of hydrogen-bond donors (Lipinski definition) is 4. The molecule has 1 atom stereocenters. The van der Waals surface area contributed by atoms with Crippen molar-refractivity contribution >= 4 is 51.7 Å². The first-order valence-corrected chi connectivity index (χ1v) is 12.1. The Morgan fingerprint density at radius 1 is 0.975 bits per heavy atom. The van der Waals surface area contributed by atoms with Gasteiger partial charge < -0.3 is 29.9 Å². The van der Waals surface area contributed by atoms with E-state index < -0.39 is 79.4 Å². The summed E-state index contributed by atoms with van der Waals surface area (Å²) in [7, 11) is 2.43. The van der Waals surface area contributed by atoms with Crippen LogP contribution in [-0.4, -0.2) is 63.9 Å². The Hall–Kier alpha value is -4.97. The number of benzene rings is 2. The number of carbonyl (C=O) groups excluding carboxylic acids is 4. The lowest BCUT2D eigenvalue weighted by Crippen LogP contribution is -2.36. The van der Waals surface area contributed by atoms with Crippen LogP contribution >= 0.6 is 11.6 Å². The number of ether oxygens (including phenoxy) is 1. The summed E-state index contributed by atoms with van der Waals surface area (Å²) in [4.78, 5) is 73.9. The van der Waals surface area contributed by atoms with Crippen LogP contribution < -0.4 is 5.56 Å². The van der Waals surface area contributed by atoms with Gasteiger partial charge in [-0.2, -0.15) is 0 Å². The van der Waals surface area contributed by atoms with Gasteiger partial charge in [0.25, 0.3) is 5.56 Å². The van der Waals surface area contributed by atoms with Gasteiger partial charge in [-0.25, -0.2) is 0 Å². The second kappa shape index (κ2) is 8.26. The van der Waals surface area contributed by atoms with Gasteiger partial charge in [0.2, 0.25) is 5.78 Å². The van der Waals surface area contributed by atoms with Gasteiger partial charge in [-0.05, 0) is 24.5 Å². The van der Waals surface area contributed by atoms with E-state index in [9.17, 15) is 39.3 Å². The average Bonchev–Trinajstić information content (AvgIpc) is 3.43. The molecule has 4 N–H and O–H groups in total. The fraction of sp³-hybridized carbons (Fsp3) is 0.185. The number of H-pyrrole nitrogens is 1. The Morgan fingerprint density at radius 2 is 1.62 bits per heavy atom. The number of hydrogen-bond acceptors (Lipinski definition) is 11. The van der Waals surface area contributed by atoms with Gasteiger partial charge in [-0.3, -0.25) is 24.0 Å². The van der Waals surface area contributed by atoms with Crippen LogP contribution in [0.5, 0.6) is 17.2 Å². The normalized spacial score (nSPS) is 19.4. The van der Waals surface area contributed by atoms with Crippen molar-refractivity contribution in [2.75, 3.05) is 14.2 Å². The van der Waals surface area contributed by atoms with Crippen molar-refractivity contribution in [1.82, 2.24) is 4.98 Å². The first kappa shape index (κ1) is 25.3. The highest BCUT2D eigenvalue weighted by molar-refractivity contribution is 6.41. The minimum absolute atomic E-state index is 0.00132. The number of methoxy groups -OCH3 is 1. The molecule has 13 heteroatoms. The second-order valence-electron chi connectivity index (χ2n) is 9.44. The molecule has 3 aliphatic carbocycles. The van der Waals surface area contributed by atoms with Crippen molar-refractivity contribution in [2.45, 2.75) is 18.3 Å². The zero-order chi connectivity index (χ0) is 28.8. The first-order valence-electron chi connectivity index (χ1n) is 11.7. The van der Waals surface area contributed by atoms with Crippen molar-refractivity contribution in [1.29, 1.82) is 0 Å². The number of oxime groups is 1. The molecule has 2 aromatic carbocycles. The minimum atomic E-state index is -2.19. The van der Waals surface area contributed by atoms with E-state index in [2.05, 4.69) is 15.0 Å². The Labute approximate surface area is 228 Å². The van der Waals surface area contributed by atoms with E-state index in [0.29, 0.717) is 0 Å². The molecule has 3 aromatic rings. The maximum absolute atomic E-state index is 14.0.